The van der Waals surface area contributed by atoms with E-state index in [9.17, 15) is 0 Å². The lowest BCUT2D eigenvalue weighted by Crippen LogP contribution is -1.88. The molecule has 0 heterocycles. The van der Waals surface area contributed by atoms with Crippen LogP contribution in [0.15, 0.2) is 30.3 Å². The van der Waals surface area contributed by atoms with Crippen LogP contribution in [0.1, 0.15) is 5.56 Å². The van der Waals surface area contributed by atoms with Gasteiger partial charge in [-0.1, -0.05) is 35.9 Å². The molecule has 1 rings (SSSR count). The van der Waals surface area contributed by atoms with Crippen molar-refractivity contribution in [1.29, 1.82) is 0 Å². The van der Waals surface area contributed by atoms with Gasteiger partial charge < -0.3 is 4.55 Å². The van der Waals surface area contributed by atoms with Crippen LogP contribution in [0.5, 0.6) is 0 Å². The standard InChI is InChI=1S/C7H8.CH4O3S/c1-7-5-3-2-4-6-7;1-5(2,3)4/h2-6H,1H3;1H3,(H,2,3,4)/p-1. The van der Waals surface area contributed by atoms with Gasteiger partial charge in [-0.3, -0.25) is 0 Å². The van der Waals surface area contributed by atoms with Crippen LogP contribution in [-0.2, 0) is 10.1 Å². The van der Waals surface area contributed by atoms with E-state index in [1.165, 1.54) is 5.56 Å². The van der Waals surface area contributed by atoms with Crippen molar-refractivity contribution in [3.05, 3.63) is 35.9 Å². The Morgan fingerprint density at radius 1 is 1.17 bits per heavy atom. The van der Waals surface area contributed by atoms with Crippen molar-refractivity contribution in [3.63, 3.8) is 0 Å². The van der Waals surface area contributed by atoms with Crippen molar-refractivity contribution < 1.29 is 13.0 Å². The molecule has 0 atom stereocenters. The van der Waals surface area contributed by atoms with Crippen molar-refractivity contribution >= 4 is 10.1 Å². The molecule has 0 saturated carbocycles. The predicted octanol–water partition coefficient (Wildman–Crippen LogP) is 1.16. The van der Waals surface area contributed by atoms with Gasteiger partial charge in [0.15, 0.2) is 0 Å². The van der Waals surface area contributed by atoms with E-state index >= 15 is 0 Å². The zero-order valence-electron chi connectivity index (χ0n) is 7.02. The lowest BCUT2D eigenvalue weighted by molar-refractivity contribution is 0.470. The average Bonchev–Trinajstić information content (AvgIpc) is 1.85. The minimum Gasteiger partial charge on any atom is -0.748 e. The molecule has 0 bridgehead atoms. The third kappa shape index (κ3) is 11.9. The maximum atomic E-state index is 9.08. The van der Waals surface area contributed by atoms with Crippen LogP contribution in [-0.4, -0.2) is 19.2 Å². The Morgan fingerprint density at radius 3 is 1.67 bits per heavy atom. The molecule has 0 radical (unpaired) electrons. The van der Waals surface area contributed by atoms with Gasteiger partial charge in [-0.2, -0.15) is 0 Å². The molecule has 0 unspecified atom stereocenters. The molecule has 0 aliphatic carbocycles. The van der Waals surface area contributed by atoms with E-state index in [1.54, 1.807) is 0 Å². The van der Waals surface area contributed by atoms with E-state index in [0.717, 1.165) is 0 Å². The molecule has 0 spiro atoms. The highest BCUT2D eigenvalue weighted by Crippen LogP contribution is 1.92. The normalized spacial score (nSPS) is 9.92. The molecule has 0 N–H and O–H groups in total. The van der Waals surface area contributed by atoms with Crippen LogP contribution >= 0.6 is 0 Å². The predicted molar refractivity (Wildman–Crippen MR) is 46.8 cm³/mol. The minimum absolute atomic E-state index is 0.604. The zero-order valence-corrected chi connectivity index (χ0v) is 7.84. The SMILES string of the molecule is CS(=O)(=O)[O-].Cc1ccccc1. The van der Waals surface area contributed by atoms with Crippen molar-refractivity contribution in [3.8, 4) is 0 Å². The first-order valence-corrected chi connectivity index (χ1v) is 5.14. The summed E-state index contributed by atoms with van der Waals surface area (Å²) in [5.74, 6) is 0. The molecule has 1 aromatic rings. The lowest BCUT2D eigenvalue weighted by atomic mass is 10.2. The Hall–Kier alpha value is -0.870. The second-order valence-electron chi connectivity index (χ2n) is 2.36. The van der Waals surface area contributed by atoms with Crippen LogP contribution in [0, 0.1) is 6.92 Å². The summed E-state index contributed by atoms with van der Waals surface area (Å²) in [6.07, 6.45) is 0.604. The van der Waals surface area contributed by atoms with E-state index in [-0.39, 0.29) is 0 Å². The second kappa shape index (κ2) is 4.90. The van der Waals surface area contributed by atoms with Crippen molar-refractivity contribution in [2.45, 2.75) is 6.92 Å². The van der Waals surface area contributed by atoms with E-state index in [4.69, 9.17) is 13.0 Å². The fraction of sp³-hybridized carbons (Fsp3) is 0.250. The summed E-state index contributed by atoms with van der Waals surface area (Å²) in [7, 11) is -3.92. The van der Waals surface area contributed by atoms with Gasteiger partial charge >= 0.3 is 0 Å². The van der Waals surface area contributed by atoms with Crippen molar-refractivity contribution in [1.82, 2.24) is 0 Å². The fourth-order valence-electron chi connectivity index (χ4n) is 0.534. The largest absolute Gasteiger partial charge is 0.748 e. The third-order valence-corrected chi connectivity index (χ3v) is 0.940. The number of aryl methyl sites for hydroxylation is 1. The second-order valence-corrected chi connectivity index (χ2v) is 3.77. The van der Waals surface area contributed by atoms with Gasteiger partial charge in [-0.15, -0.1) is 0 Å². The first-order valence-electron chi connectivity index (χ1n) is 3.32. The molecule has 4 heteroatoms. The van der Waals surface area contributed by atoms with Gasteiger partial charge in [-0.05, 0) is 6.92 Å². The Balaban J connectivity index is 0.000000217. The maximum Gasteiger partial charge on any atom is 0.0916 e. The van der Waals surface area contributed by atoms with E-state index in [1.807, 2.05) is 18.2 Å². The number of hydrogen-bond donors (Lipinski definition) is 0. The summed E-state index contributed by atoms with van der Waals surface area (Å²) in [5.41, 5.74) is 1.32. The first kappa shape index (κ1) is 11.1. The molecule has 12 heavy (non-hydrogen) atoms. The van der Waals surface area contributed by atoms with Gasteiger partial charge in [-0.25, -0.2) is 8.42 Å². The molecule has 0 saturated heterocycles. The van der Waals surface area contributed by atoms with Gasteiger partial charge in [0.2, 0.25) is 0 Å². The lowest BCUT2D eigenvalue weighted by Gasteiger charge is -1.90. The Bertz CT molecular complexity index is 294. The van der Waals surface area contributed by atoms with Gasteiger partial charge in [0, 0.05) is 6.26 Å². The number of rotatable bonds is 0. The maximum absolute atomic E-state index is 9.08. The Morgan fingerprint density at radius 2 is 1.50 bits per heavy atom. The summed E-state index contributed by atoms with van der Waals surface area (Å²) in [6, 6.07) is 10.3. The van der Waals surface area contributed by atoms with Crippen LogP contribution in [0.3, 0.4) is 0 Å². The molecule has 0 aliphatic heterocycles. The number of hydrogen-bond acceptors (Lipinski definition) is 3. The topological polar surface area (TPSA) is 57.2 Å². The Labute approximate surface area is 72.8 Å². The quantitative estimate of drug-likeness (QED) is 0.572. The monoisotopic (exact) mass is 187 g/mol. The van der Waals surface area contributed by atoms with Crippen LogP contribution < -0.4 is 0 Å². The molecule has 0 fully saturated rings. The van der Waals surface area contributed by atoms with Crippen LogP contribution in [0.25, 0.3) is 0 Å². The van der Waals surface area contributed by atoms with Crippen molar-refractivity contribution in [2.75, 3.05) is 6.26 Å². The molecule has 0 aliphatic rings. The molecule has 68 valence electrons. The first-order chi connectivity index (χ1) is 5.39. The summed E-state index contributed by atoms with van der Waals surface area (Å²) in [5, 5.41) is 0. The fourth-order valence-corrected chi connectivity index (χ4v) is 0.534. The zero-order chi connectivity index (χ0) is 9.61. The van der Waals surface area contributed by atoms with E-state index in [2.05, 4.69) is 19.1 Å². The molecular weight excluding hydrogens is 176 g/mol. The molecule has 0 amide bonds. The van der Waals surface area contributed by atoms with Gasteiger partial charge in [0.25, 0.3) is 0 Å². The van der Waals surface area contributed by atoms with Gasteiger partial charge in [0.05, 0.1) is 10.1 Å². The van der Waals surface area contributed by atoms with Crippen LogP contribution in [0.4, 0.5) is 0 Å². The molecule has 1 aromatic carbocycles. The summed E-state index contributed by atoms with van der Waals surface area (Å²) < 4.78 is 27.2. The molecule has 0 aromatic heterocycles. The highest BCUT2D eigenvalue weighted by atomic mass is 32.2. The van der Waals surface area contributed by atoms with Gasteiger partial charge in [0.1, 0.15) is 0 Å². The number of benzene rings is 1. The summed E-state index contributed by atoms with van der Waals surface area (Å²) in [6.45, 7) is 2.08. The molecule has 3 nitrogen and oxygen atoms in total. The van der Waals surface area contributed by atoms with E-state index in [0.29, 0.717) is 6.26 Å². The summed E-state index contributed by atoms with van der Waals surface area (Å²) in [4.78, 5) is 0. The minimum atomic E-state index is -3.92. The average molecular weight is 187 g/mol. The summed E-state index contributed by atoms with van der Waals surface area (Å²) >= 11 is 0. The third-order valence-electron chi connectivity index (χ3n) is 0.940. The van der Waals surface area contributed by atoms with E-state index < -0.39 is 10.1 Å². The molecular formula is C8H11O3S-. The van der Waals surface area contributed by atoms with Crippen molar-refractivity contribution in [2.24, 2.45) is 0 Å². The highest BCUT2D eigenvalue weighted by Gasteiger charge is 1.72. The highest BCUT2D eigenvalue weighted by molar-refractivity contribution is 7.84. The smallest absolute Gasteiger partial charge is 0.0916 e. The van der Waals surface area contributed by atoms with Crippen LogP contribution in [0.2, 0.25) is 0 Å². The Kier molecular flexibility index (Phi) is 4.54.